The number of ether oxygens (including phenoxy) is 1. The number of hydrogen-bond donors (Lipinski definition) is 1. The summed E-state index contributed by atoms with van der Waals surface area (Å²) in [5, 5.41) is 4.19. The molecule has 2 aromatic rings. The Morgan fingerprint density at radius 2 is 2.16 bits per heavy atom. The molecule has 0 aliphatic carbocycles. The second kappa shape index (κ2) is 5.89. The largest absolute Gasteiger partial charge is 0.454 e. The molecule has 4 heteroatoms. The van der Waals surface area contributed by atoms with E-state index in [1.165, 1.54) is 11.1 Å². The molecule has 1 atom stereocenters. The summed E-state index contributed by atoms with van der Waals surface area (Å²) in [6.45, 7) is 6.99. The van der Waals surface area contributed by atoms with E-state index in [2.05, 4.69) is 18.1 Å². The van der Waals surface area contributed by atoms with Crippen LogP contribution in [0.25, 0.3) is 0 Å². The Balaban J connectivity index is 2.11. The molecule has 0 fully saturated rings. The van der Waals surface area contributed by atoms with Crippen LogP contribution in [0.15, 0.2) is 30.6 Å². The molecule has 2 rings (SSSR count). The Morgan fingerprint density at radius 1 is 1.37 bits per heavy atom. The fraction of sp³-hybridized carbons (Fsp3) is 0.400. The number of hydrogen-bond acceptors (Lipinski definition) is 3. The van der Waals surface area contributed by atoms with Crippen molar-refractivity contribution in [1.29, 1.82) is 0 Å². The van der Waals surface area contributed by atoms with E-state index < -0.39 is 0 Å². The lowest BCUT2D eigenvalue weighted by atomic mass is 10.0. The van der Waals surface area contributed by atoms with Gasteiger partial charge in [0.2, 0.25) is 0 Å². The van der Waals surface area contributed by atoms with E-state index in [1.807, 2.05) is 36.9 Å². The first kappa shape index (κ1) is 13.6. The SMILES string of the molecule is CCn1cc(Oc2ccc(CC(C)N)c(C)c2)cn1. The van der Waals surface area contributed by atoms with E-state index in [-0.39, 0.29) is 6.04 Å². The molecule has 19 heavy (non-hydrogen) atoms. The number of rotatable bonds is 5. The molecule has 0 aliphatic rings. The third-order valence-corrected chi connectivity index (χ3v) is 3.03. The van der Waals surface area contributed by atoms with Gasteiger partial charge in [0.1, 0.15) is 5.75 Å². The monoisotopic (exact) mass is 259 g/mol. The molecular weight excluding hydrogens is 238 g/mol. The molecule has 2 N–H and O–H groups in total. The van der Waals surface area contributed by atoms with Crippen molar-refractivity contribution >= 4 is 0 Å². The highest BCUT2D eigenvalue weighted by Gasteiger charge is 2.05. The lowest BCUT2D eigenvalue weighted by Crippen LogP contribution is -2.18. The van der Waals surface area contributed by atoms with Crippen LogP contribution in [0.2, 0.25) is 0 Å². The first-order valence-electron chi connectivity index (χ1n) is 6.64. The van der Waals surface area contributed by atoms with Gasteiger partial charge < -0.3 is 10.5 Å². The minimum Gasteiger partial charge on any atom is -0.454 e. The van der Waals surface area contributed by atoms with Gasteiger partial charge in [0.25, 0.3) is 0 Å². The van der Waals surface area contributed by atoms with Crippen molar-refractivity contribution in [3.05, 3.63) is 41.7 Å². The molecule has 0 amide bonds. The van der Waals surface area contributed by atoms with Crippen LogP contribution in [0.4, 0.5) is 0 Å². The van der Waals surface area contributed by atoms with Gasteiger partial charge in [0.15, 0.2) is 5.75 Å². The van der Waals surface area contributed by atoms with Crippen molar-refractivity contribution in [2.75, 3.05) is 0 Å². The van der Waals surface area contributed by atoms with Crippen molar-refractivity contribution < 1.29 is 4.74 Å². The molecule has 1 heterocycles. The Labute approximate surface area is 114 Å². The van der Waals surface area contributed by atoms with E-state index in [4.69, 9.17) is 10.5 Å². The first-order valence-corrected chi connectivity index (χ1v) is 6.64. The number of nitrogens with two attached hydrogens (primary N) is 1. The summed E-state index contributed by atoms with van der Waals surface area (Å²) in [6.07, 6.45) is 4.51. The maximum Gasteiger partial charge on any atom is 0.165 e. The zero-order valence-electron chi connectivity index (χ0n) is 11.8. The van der Waals surface area contributed by atoms with Crippen LogP contribution in [0.3, 0.4) is 0 Å². The van der Waals surface area contributed by atoms with Gasteiger partial charge in [-0.25, -0.2) is 0 Å². The molecule has 0 saturated carbocycles. The predicted molar refractivity (Wildman–Crippen MR) is 76.5 cm³/mol. The fourth-order valence-electron chi connectivity index (χ4n) is 2.01. The molecule has 0 aliphatic heterocycles. The van der Waals surface area contributed by atoms with Gasteiger partial charge in [-0.2, -0.15) is 5.10 Å². The highest BCUT2D eigenvalue weighted by atomic mass is 16.5. The standard InChI is InChI=1S/C15H21N3O/c1-4-18-10-15(9-17-18)19-14-6-5-13(8-12(3)16)11(2)7-14/h5-7,9-10,12H,4,8,16H2,1-3H3. The molecule has 102 valence electrons. The van der Waals surface area contributed by atoms with E-state index in [0.717, 1.165) is 24.5 Å². The van der Waals surface area contributed by atoms with Crippen LogP contribution in [-0.2, 0) is 13.0 Å². The second-order valence-electron chi connectivity index (χ2n) is 4.90. The minimum atomic E-state index is 0.174. The highest BCUT2D eigenvalue weighted by molar-refractivity contribution is 5.37. The second-order valence-corrected chi connectivity index (χ2v) is 4.90. The van der Waals surface area contributed by atoms with Crippen molar-refractivity contribution in [3.63, 3.8) is 0 Å². The maximum absolute atomic E-state index is 5.83. The number of aromatic nitrogens is 2. The first-order chi connectivity index (χ1) is 9.08. The molecule has 4 nitrogen and oxygen atoms in total. The summed E-state index contributed by atoms with van der Waals surface area (Å²) in [4.78, 5) is 0. The minimum absolute atomic E-state index is 0.174. The molecule has 1 aromatic heterocycles. The maximum atomic E-state index is 5.83. The molecule has 0 bridgehead atoms. The molecule has 1 unspecified atom stereocenters. The number of aryl methyl sites for hydroxylation is 2. The lowest BCUT2D eigenvalue weighted by molar-refractivity contribution is 0.480. The van der Waals surface area contributed by atoms with Crippen LogP contribution < -0.4 is 10.5 Å². The summed E-state index contributed by atoms with van der Waals surface area (Å²) in [7, 11) is 0. The third-order valence-electron chi connectivity index (χ3n) is 3.03. The average Bonchev–Trinajstić information content (AvgIpc) is 2.80. The van der Waals surface area contributed by atoms with Gasteiger partial charge in [0, 0.05) is 12.6 Å². The quantitative estimate of drug-likeness (QED) is 0.898. The van der Waals surface area contributed by atoms with E-state index in [0.29, 0.717) is 0 Å². The van der Waals surface area contributed by atoms with E-state index >= 15 is 0 Å². The Hall–Kier alpha value is -1.81. The fourth-order valence-corrected chi connectivity index (χ4v) is 2.01. The van der Waals surface area contributed by atoms with Crippen LogP contribution in [0.5, 0.6) is 11.5 Å². The summed E-state index contributed by atoms with van der Waals surface area (Å²) in [6, 6.07) is 6.28. The Kier molecular flexibility index (Phi) is 4.22. The molecule has 1 aromatic carbocycles. The molecule has 0 spiro atoms. The van der Waals surface area contributed by atoms with Gasteiger partial charge >= 0.3 is 0 Å². The zero-order valence-corrected chi connectivity index (χ0v) is 11.8. The van der Waals surface area contributed by atoms with Gasteiger partial charge in [-0.05, 0) is 50.5 Å². The summed E-state index contributed by atoms with van der Waals surface area (Å²) in [5.74, 6) is 1.60. The third kappa shape index (κ3) is 3.58. The number of nitrogens with zero attached hydrogens (tertiary/aromatic N) is 2. The molecular formula is C15H21N3O. The van der Waals surface area contributed by atoms with E-state index in [9.17, 15) is 0 Å². The summed E-state index contributed by atoms with van der Waals surface area (Å²) < 4.78 is 7.63. The Bertz CT molecular complexity index is 546. The zero-order chi connectivity index (χ0) is 13.8. The summed E-state index contributed by atoms with van der Waals surface area (Å²) >= 11 is 0. The van der Waals surface area contributed by atoms with Gasteiger partial charge in [0.05, 0.1) is 12.4 Å². The Morgan fingerprint density at radius 3 is 2.74 bits per heavy atom. The van der Waals surface area contributed by atoms with Gasteiger partial charge in [-0.3, -0.25) is 4.68 Å². The van der Waals surface area contributed by atoms with Gasteiger partial charge in [-0.1, -0.05) is 6.07 Å². The average molecular weight is 259 g/mol. The molecule has 0 saturated heterocycles. The molecule has 0 radical (unpaired) electrons. The highest BCUT2D eigenvalue weighted by Crippen LogP contribution is 2.23. The van der Waals surface area contributed by atoms with Crippen molar-refractivity contribution in [3.8, 4) is 11.5 Å². The lowest BCUT2D eigenvalue weighted by Gasteiger charge is -2.10. The van der Waals surface area contributed by atoms with Gasteiger partial charge in [-0.15, -0.1) is 0 Å². The van der Waals surface area contributed by atoms with E-state index in [1.54, 1.807) is 6.20 Å². The number of benzene rings is 1. The van der Waals surface area contributed by atoms with Crippen LogP contribution in [-0.4, -0.2) is 15.8 Å². The van der Waals surface area contributed by atoms with Crippen LogP contribution >= 0.6 is 0 Å². The van der Waals surface area contributed by atoms with Crippen molar-refractivity contribution in [2.45, 2.75) is 39.8 Å². The normalized spacial score (nSPS) is 12.4. The smallest absolute Gasteiger partial charge is 0.165 e. The topological polar surface area (TPSA) is 53.1 Å². The van der Waals surface area contributed by atoms with Crippen molar-refractivity contribution in [2.24, 2.45) is 5.73 Å². The summed E-state index contributed by atoms with van der Waals surface area (Å²) in [5.41, 5.74) is 8.31. The van der Waals surface area contributed by atoms with Crippen LogP contribution in [0.1, 0.15) is 25.0 Å². The van der Waals surface area contributed by atoms with Crippen molar-refractivity contribution in [1.82, 2.24) is 9.78 Å². The predicted octanol–water partition coefficient (Wildman–Crippen LogP) is 2.89. The van der Waals surface area contributed by atoms with Crippen LogP contribution in [0, 0.1) is 6.92 Å².